The topological polar surface area (TPSA) is 40.5 Å². The molecular formula is C30H50O2. The monoisotopic (exact) mass is 442 g/mol. The van der Waals surface area contributed by atoms with E-state index in [2.05, 4.69) is 54.2 Å². The fourth-order valence-corrected chi connectivity index (χ4v) is 9.83. The molecule has 0 bridgehead atoms. The van der Waals surface area contributed by atoms with Crippen molar-refractivity contribution in [2.75, 3.05) is 0 Å². The van der Waals surface area contributed by atoms with Gasteiger partial charge in [-0.15, -0.1) is 0 Å². The predicted octanol–water partition coefficient (Wildman–Crippen LogP) is 7.31. The van der Waals surface area contributed by atoms with Gasteiger partial charge in [-0.3, -0.25) is 0 Å². The van der Waals surface area contributed by atoms with E-state index < -0.39 is 0 Å². The number of fused-ring (bicyclic) bond motifs is 5. The van der Waals surface area contributed by atoms with Gasteiger partial charge in [0.25, 0.3) is 0 Å². The molecule has 0 aromatic carbocycles. The Morgan fingerprint density at radius 2 is 1.62 bits per heavy atom. The van der Waals surface area contributed by atoms with Crippen LogP contribution < -0.4 is 0 Å². The minimum Gasteiger partial charge on any atom is -0.393 e. The second-order valence-electron chi connectivity index (χ2n) is 13.8. The Bertz CT molecular complexity index is 780. The van der Waals surface area contributed by atoms with Gasteiger partial charge in [-0.05, 0) is 110 Å². The van der Waals surface area contributed by atoms with Gasteiger partial charge in [0, 0.05) is 0 Å². The lowest BCUT2D eigenvalue weighted by molar-refractivity contribution is -0.176. The number of allylic oxidation sites excluding steroid dienone is 2. The first-order valence-corrected chi connectivity index (χ1v) is 13.5. The number of hydrogen-bond acceptors (Lipinski definition) is 2. The largest absolute Gasteiger partial charge is 0.393 e. The SMILES string of the molecule is C=C(C)[C@@H](O)CC[C@H](C)[C@@H]1CC=C2[C@]3(C)CC[C@H]4C(C)(C)[C@@H](O)CC[C@]4(C)[C@H]3CC[C@]21C. The second kappa shape index (κ2) is 7.98. The molecule has 3 saturated carbocycles. The van der Waals surface area contributed by atoms with Crippen LogP contribution in [0.25, 0.3) is 0 Å². The lowest BCUT2D eigenvalue weighted by Crippen LogP contribution is -2.61. The molecule has 0 aliphatic heterocycles. The van der Waals surface area contributed by atoms with Crippen molar-refractivity contribution in [1.29, 1.82) is 0 Å². The summed E-state index contributed by atoms with van der Waals surface area (Å²) in [6, 6.07) is 0. The molecule has 32 heavy (non-hydrogen) atoms. The molecule has 0 amide bonds. The number of aliphatic hydroxyl groups excluding tert-OH is 2. The molecule has 0 aromatic heterocycles. The zero-order valence-corrected chi connectivity index (χ0v) is 22.0. The minimum absolute atomic E-state index is 0.0281. The van der Waals surface area contributed by atoms with E-state index in [-0.39, 0.29) is 17.6 Å². The maximum atomic E-state index is 10.8. The molecule has 4 rings (SSSR count). The van der Waals surface area contributed by atoms with Crippen molar-refractivity contribution in [1.82, 2.24) is 0 Å². The Hall–Kier alpha value is -0.600. The van der Waals surface area contributed by atoms with E-state index in [1.54, 1.807) is 5.57 Å². The van der Waals surface area contributed by atoms with Crippen molar-refractivity contribution in [2.45, 2.75) is 118 Å². The van der Waals surface area contributed by atoms with E-state index >= 15 is 0 Å². The molecule has 0 radical (unpaired) electrons. The highest BCUT2D eigenvalue weighted by atomic mass is 16.3. The third-order valence-electron chi connectivity index (χ3n) is 11.8. The van der Waals surface area contributed by atoms with E-state index in [1.165, 1.54) is 38.5 Å². The third kappa shape index (κ3) is 3.41. The quantitative estimate of drug-likeness (QED) is 0.438. The lowest BCUT2D eigenvalue weighted by atomic mass is 9.38. The molecule has 2 heteroatoms. The summed E-state index contributed by atoms with van der Waals surface area (Å²) < 4.78 is 0. The molecule has 9 atom stereocenters. The Morgan fingerprint density at radius 3 is 2.28 bits per heavy atom. The van der Waals surface area contributed by atoms with Crippen molar-refractivity contribution in [2.24, 2.45) is 45.3 Å². The van der Waals surface area contributed by atoms with Crippen LogP contribution >= 0.6 is 0 Å². The smallest absolute Gasteiger partial charge is 0.0744 e. The van der Waals surface area contributed by atoms with Crippen molar-refractivity contribution in [3.05, 3.63) is 23.8 Å². The summed E-state index contributed by atoms with van der Waals surface area (Å²) in [6.07, 6.45) is 12.6. The fourth-order valence-electron chi connectivity index (χ4n) is 9.83. The summed E-state index contributed by atoms with van der Waals surface area (Å²) >= 11 is 0. The molecular weight excluding hydrogens is 392 g/mol. The highest BCUT2D eigenvalue weighted by Gasteiger charge is 2.65. The van der Waals surface area contributed by atoms with Gasteiger partial charge in [0.2, 0.25) is 0 Å². The van der Waals surface area contributed by atoms with Gasteiger partial charge in [-0.1, -0.05) is 65.3 Å². The molecule has 0 aromatic rings. The Balaban J connectivity index is 1.57. The Morgan fingerprint density at radius 1 is 1.00 bits per heavy atom. The zero-order chi connectivity index (χ0) is 23.7. The molecule has 0 spiro atoms. The third-order valence-corrected chi connectivity index (χ3v) is 11.8. The average molecular weight is 443 g/mol. The second-order valence-corrected chi connectivity index (χ2v) is 13.8. The van der Waals surface area contributed by atoms with Crippen LogP contribution in [-0.4, -0.2) is 22.4 Å². The molecule has 0 unspecified atom stereocenters. The van der Waals surface area contributed by atoms with Crippen LogP contribution in [0.4, 0.5) is 0 Å². The normalized spacial score (nSPS) is 47.0. The lowest BCUT2D eigenvalue weighted by Gasteiger charge is -2.67. The summed E-state index contributed by atoms with van der Waals surface area (Å²) in [7, 11) is 0. The van der Waals surface area contributed by atoms with Gasteiger partial charge < -0.3 is 10.2 Å². The summed E-state index contributed by atoms with van der Waals surface area (Å²) in [6.45, 7) is 20.8. The molecule has 2 nitrogen and oxygen atoms in total. The standard InChI is InChI=1S/C30H50O2/c1-19(2)22(31)11-9-20(3)21-10-12-24-28(21,6)16-14-25-29(7)18-15-26(32)27(4,5)23(29)13-17-30(24,25)8/h12,20-23,25-26,31-32H,1,9-11,13-18H2,2-8H3/t20-,21-,22-,23-,25+,26-,28-,29-,30-/m0/s1. The molecule has 2 N–H and O–H groups in total. The molecule has 0 heterocycles. The van der Waals surface area contributed by atoms with Gasteiger partial charge in [-0.2, -0.15) is 0 Å². The first-order valence-electron chi connectivity index (χ1n) is 13.5. The van der Waals surface area contributed by atoms with Crippen molar-refractivity contribution in [3.8, 4) is 0 Å². The summed E-state index contributed by atoms with van der Waals surface area (Å²) in [4.78, 5) is 0. The molecule has 4 aliphatic rings. The minimum atomic E-state index is -0.354. The van der Waals surface area contributed by atoms with Crippen LogP contribution in [0.2, 0.25) is 0 Å². The van der Waals surface area contributed by atoms with E-state index in [1.807, 2.05) is 6.92 Å². The van der Waals surface area contributed by atoms with E-state index in [0.717, 1.165) is 30.8 Å². The number of hydrogen-bond donors (Lipinski definition) is 2. The van der Waals surface area contributed by atoms with Crippen LogP contribution in [-0.2, 0) is 0 Å². The van der Waals surface area contributed by atoms with Crippen LogP contribution in [0.15, 0.2) is 23.8 Å². The van der Waals surface area contributed by atoms with Crippen molar-refractivity contribution in [3.63, 3.8) is 0 Å². The van der Waals surface area contributed by atoms with E-state index in [4.69, 9.17) is 0 Å². The van der Waals surface area contributed by atoms with Gasteiger partial charge >= 0.3 is 0 Å². The van der Waals surface area contributed by atoms with Gasteiger partial charge in [0.15, 0.2) is 0 Å². The maximum absolute atomic E-state index is 10.8. The van der Waals surface area contributed by atoms with Crippen molar-refractivity contribution >= 4 is 0 Å². The highest BCUT2D eigenvalue weighted by molar-refractivity contribution is 5.34. The predicted molar refractivity (Wildman–Crippen MR) is 134 cm³/mol. The van der Waals surface area contributed by atoms with E-state index in [0.29, 0.717) is 34.0 Å². The fraction of sp³-hybridized carbons (Fsp3) is 0.867. The molecule has 4 aliphatic carbocycles. The van der Waals surface area contributed by atoms with Crippen LogP contribution in [0.3, 0.4) is 0 Å². The first kappa shape index (κ1) is 24.5. The van der Waals surface area contributed by atoms with Crippen LogP contribution in [0.1, 0.15) is 106 Å². The van der Waals surface area contributed by atoms with Gasteiger partial charge in [0.05, 0.1) is 12.2 Å². The average Bonchev–Trinajstić information content (AvgIpc) is 3.07. The van der Waals surface area contributed by atoms with Gasteiger partial charge in [-0.25, -0.2) is 0 Å². The maximum Gasteiger partial charge on any atom is 0.0744 e. The van der Waals surface area contributed by atoms with Crippen LogP contribution in [0, 0.1) is 45.3 Å². The molecule has 182 valence electrons. The number of rotatable bonds is 5. The van der Waals surface area contributed by atoms with E-state index in [9.17, 15) is 10.2 Å². The Kier molecular flexibility index (Phi) is 6.11. The zero-order valence-electron chi connectivity index (χ0n) is 22.0. The molecule has 0 saturated heterocycles. The Labute approximate surface area is 198 Å². The summed E-state index contributed by atoms with van der Waals surface area (Å²) in [5.74, 6) is 2.68. The first-order chi connectivity index (χ1) is 14.8. The molecule has 3 fully saturated rings. The summed E-state index contributed by atoms with van der Waals surface area (Å²) in [5.41, 5.74) is 3.66. The van der Waals surface area contributed by atoms with Gasteiger partial charge in [0.1, 0.15) is 0 Å². The summed E-state index contributed by atoms with van der Waals surface area (Å²) in [5, 5.41) is 21.1. The highest BCUT2D eigenvalue weighted by Crippen LogP contribution is 2.73. The van der Waals surface area contributed by atoms with Crippen LogP contribution in [0.5, 0.6) is 0 Å². The van der Waals surface area contributed by atoms with Crippen molar-refractivity contribution < 1.29 is 10.2 Å². The number of aliphatic hydroxyl groups is 2.